The van der Waals surface area contributed by atoms with E-state index in [1.165, 1.54) is 24.4 Å². The van der Waals surface area contributed by atoms with E-state index < -0.39 is 24.5 Å². The van der Waals surface area contributed by atoms with Crippen LogP contribution in [0.1, 0.15) is 12.0 Å². The van der Waals surface area contributed by atoms with Gasteiger partial charge in [0.05, 0.1) is 18.3 Å². The molecule has 2 aromatic carbocycles. The van der Waals surface area contributed by atoms with Gasteiger partial charge in [0.2, 0.25) is 11.9 Å². The second-order valence-corrected chi connectivity index (χ2v) is 6.47. The Morgan fingerprint density at radius 3 is 2.73 bits per heavy atom. The molecular formula is C19H16ClF2N5O3. The lowest BCUT2D eigenvalue weighted by Crippen LogP contribution is -2.35. The predicted octanol–water partition coefficient (Wildman–Crippen LogP) is 2.75. The molecule has 1 heterocycles. The van der Waals surface area contributed by atoms with Crippen LogP contribution < -0.4 is 20.8 Å². The number of aliphatic imine (C=N–C) groups is 1. The molecule has 0 radical (unpaired) electrons. The molecule has 11 heteroatoms. The number of carbonyl (C=O) groups excluding carboxylic acids is 2. The molecule has 0 fully saturated rings. The van der Waals surface area contributed by atoms with E-state index in [-0.39, 0.29) is 23.8 Å². The van der Waals surface area contributed by atoms with Crippen molar-refractivity contribution in [3.63, 3.8) is 0 Å². The minimum Gasteiger partial charge on any atom is -0.433 e. The minimum absolute atomic E-state index is 0.0658. The van der Waals surface area contributed by atoms with Gasteiger partial charge in [0.1, 0.15) is 11.8 Å². The monoisotopic (exact) mass is 435 g/mol. The molecule has 0 bridgehead atoms. The van der Waals surface area contributed by atoms with Crippen molar-refractivity contribution in [3.05, 3.63) is 59.1 Å². The fourth-order valence-corrected chi connectivity index (χ4v) is 2.63. The van der Waals surface area contributed by atoms with E-state index in [1.54, 1.807) is 30.3 Å². The van der Waals surface area contributed by atoms with Gasteiger partial charge in [0.25, 0.3) is 5.91 Å². The molecule has 3 N–H and O–H groups in total. The highest BCUT2D eigenvalue weighted by Crippen LogP contribution is 2.25. The van der Waals surface area contributed by atoms with Gasteiger partial charge in [-0.15, -0.1) is 0 Å². The van der Waals surface area contributed by atoms with Crippen molar-refractivity contribution in [2.45, 2.75) is 19.1 Å². The van der Waals surface area contributed by atoms with Gasteiger partial charge in [-0.2, -0.15) is 13.9 Å². The quantitative estimate of drug-likeness (QED) is 0.459. The first-order chi connectivity index (χ1) is 14.4. The van der Waals surface area contributed by atoms with Crippen LogP contribution in [0, 0.1) is 0 Å². The summed E-state index contributed by atoms with van der Waals surface area (Å²) in [4.78, 5) is 28.3. The highest BCUT2D eigenvalue weighted by molar-refractivity contribution is 6.30. The number of rotatable bonds is 7. The smallest absolute Gasteiger partial charge is 0.387 e. The molecule has 0 saturated carbocycles. The summed E-state index contributed by atoms with van der Waals surface area (Å²) < 4.78 is 29.3. The van der Waals surface area contributed by atoms with E-state index in [0.29, 0.717) is 5.02 Å². The van der Waals surface area contributed by atoms with Gasteiger partial charge in [-0.25, -0.2) is 10.4 Å². The zero-order valence-electron chi connectivity index (χ0n) is 15.3. The Hall–Kier alpha value is -3.53. The highest BCUT2D eigenvalue weighted by Gasteiger charge is 2.28. The zero-order chi connectivity index (χ0) is 21.5. The summed E-state index contributed by atoms with van der Waals surface area (Å²) in [6.45, 7) is -3.03. The fraction of sp³-hybridized carbons (Fsp3) is 0.158. The molecule has 1 atom stereocenters. The second-order valence-electron chi connectivity index (χ2n) is 6.03. The van der Waals surface area contributed by atoms with Crippen molar-refractivity contribution >= 4 is 41.3 Å². The van der Waals surface area contributed by atoms with Crippen LogP contribution in [0.25, 0.3) is 0 Å². The molecule has 156 valence electrons. The average molecular weight is 436 g/mol. The molecule has 1 unspecified atom stereocenters. The summed E-state index contributed by atoms with van der Waals surface area (Å²) in [5, 5.41) is 9.46. The topological polar surface area (TPSA) is 104 Å². The van der Waals surface area contributed by atoms with Gasteiger partial charge in [0.15, 0.2) is 0 Å². The predicted molar refractivity (Wildman–Crippen MR) is 108 cm³/mol. The summed E-state index contributed by atoms with van der Waals surface area (Å²) >= 11 is 5.81. The second kappa shape index (κ2) is 9.79. The first-order valence-electron chi connectivity index (χ1n) is 8.67. The number of nitrogens with one attached hydrogen (secondary N) is 3. The Kier molecular flexibility index (Phi) is 6.91. The van der Waals surface area contributed by atoms with Gasteiger partial charge in [0, 0.05) is 5.02 Å². The number of benzene rings is 2. The number of hydrazone groups is 1. The van der Waals surface area contributed by atoms with E-state index >= 15 is 0 Å². The van der Waals surface area contributed by atoms with E-state index in [1.807, 2.05) is 0 Å². The number of guanidine groups is 1. The third-order valence-corrected chi connectivity index (χ3v) is 4.09. The first kappa shape index (κ1) is 21.2. The molecule has 1 aliphatic rings. The number of nitrogens with zero attached hydrogens (tertiary/aromatic N) is 2. The van der Waals surface area contributed by atoms with Crippen LogP contribution in [0.2, 0.25) is 5.02 Å². The largest absolute Gasteiger partial charge is 0.433 e. The molecule has 2 aromatic rings. The standard InChI is InChI=1S/C19H16ClF2N5O3/c20-12-7-5-11(6-8-12)10-23-27-19-25-14(17(29)26-19)9-16(28)24-13-3-1-2-4-15(13)30-18(21)22/h1-8,10,14,18H,9H2,(H,24,28)(H2,25,26,27,29)/b23-10+. The lowest BCUT2D eigenvalue weighted by atomic mass is 10.2. The van der Waals surface area contributed by atoms with Gasteiger partial charge in [-0.3, -0.25) is 14.9 Å². The summed E-state index contributed by atoms with van der Waals surface area (Å²) in [5.74, 6) is -1.18. The Morgan fingerprint density at radius 2 is 2.00 bits per heavy atom. The summed E-state index contributed by atoms with van der Waals surface area (Å²) in [6.07, 6.45) is 1.21. The van der Waals surface area contributed by atoms with Crippen LogP contribution in [0.3, 0.4) is 0 Å². The molecule has 2 amide bonds. The van der Waals surface area contributed by atoms with E-state index in [4.69, 9.17) is 11.6 Å². The van der Waals surface area contributed by atoms with Crippen molar-refractivity contribution < 1.29 is 23.1 Å². The van der Waals surface area contributed by atoms with Crippen LogP contribution in [-0.2, 0) is 9.59 Å². The molecule has 0 spiro atoms. The molecule has 1 aliphatic heterocycles. The van der Waals surface area contributed by atoms with Crippen LogP contribution >= 0.6 is 11.6 Å². The molecule has 3 rings (SSSR count). The van der Waals surface area contributed by atoms with Crippen LogP contribution in [0.15, 0.2) is 58.6 Å². The van der Waals surface area contributed by atoms with Crippen LogP contribution in [0.4, 0.5) is 14.5 Å². The summed E-state index contributed by atoms with van der Waals surface area (Å²) in [7, 11) is 0. The van der Waals surface area contributed by atoms with Gasteiger partial charge in [-0.05, 0) is 29.8 Å². The Morgan fingerprint density at radius 1 is 1.27 bits per heavy atom. The van der Waals surface area contributed by atoms with E-state index in [9.17, 15) is 18.4 Å². The molecular weight excluding hydrogens is 420 g/mol. The number of para-hydroxylation sites is 2. The average Bonchev–Trinajstić information content (AvgIpc) is 3.03. The number of ether oxygens (including phenoxy) is 1. The van der Waals surface area contributed by atoms with Gasteiger partial charge >= 0.3 is 6.61 Å². The minimum atomic E-state index is -3.03. The maximum absolute atomic E-state index is 12.5. The Bertz CT molecular complexity index is 982. The van der Waals surface area contributed by atoms with Gasteiger partial charge in [-0.1, -0.05) is 35.9 Å². The number of halogens is 3. The maximum Gasteiger partial charge on any atom is 0.387 e. The zero-order valence-corrected chi connectivity index (χ0v) is 16.1. The Labute approximate surface area is 175 Å². The first-order valence-corrected chi connectivity index (χ1v) is 9.05. The maximum atomic E-state index is 12.5. The molecule has 0 aliphatic carbocycles. The third-order valence-electron chi connectivity index (χ3n) is 3.84. The molecule has 0 aromatic heterocycles. The number of carbonyl (C=O) groups is 2. The summed E-state index contributed by atoms with van der Waals surface area (Å²) in [6, 6.07) is 11.7. The van der Waals surface area contributed by atoms with Crippen LogP contribution in [-0.4, -0.2) is 36.6 Å². The number of anilines is 1. The van der Waals surface area contributed by atoms with Crippen molar-refractivity contribution in [2.75, 3.05) is 5.32 Å². The van der Waals surface area contributed by atoms with Gasteiger partial charge < -0.3 is 10.1 Å². The van der Waals surface area contributed by atoms with Crippen LogP contribution in [0.5, 0.6) is 5.75 Å². The number of hydrogen-bond acceptors (Lipinski definition) is 6. The molecule has 30 heavy (non-hydrogen) atoms. The SMILES string of the molecule is O=C(CC1N=C(N/N=C/c2ccc(Cl)cc2)NC1=O)Nc1ccccc1OC(F)F. The van der Waals surface area contributed by atoms with Crippen molar-refractivity contribution in [3.8, 4) is 5.75 Å². The molecule has 0 saturated heterocycles. The number of alkyl halides is 2. The van der Waals surface area contributed by atoms with E-state index in [2.05, 4.69) is 30.9 Å². The normalized spacial score (nSPS) is 15.8. The lowest BCUT2D eigenvalue weighted by Gasteiger charge is -2.12. The highest BCUT2D eigenvalue weighted by atomic mass is 35.5. The third kappa shape index (κ3) is 5.98. The van der Waals surface area contributed by atoms with Crippen molar-refractivity contribution in [2.24, 2.45) is 10.1 Å². The number of hydrogen-bond donors (Lipinski definition) is 3. The summed E-state index contributed by atoms with van der Waals surface area (Å²) in [5.41, 5.74) is 3.42. The number of amides is 2. The Balaban J connectivity index is 1.56. The van der Waals surface area contributed by atoms with E-state index in [0.717, 1.165) is 5.56 Å². The lowest BCUT2D eigenvalue weighted by molar-refractivity contribution is -0.123. The fourth-order valence-electron chi connectivity index (χ4n) is 2.50. The van der Waals surface area contributed by atoms with Crippen molar-refractivity contribution in [1.82, 2.24) is 10.7 Å². The molecule has 8 nitrogen and oxygen atoms in total. The van der Waals surface area contributed by atoms with Crippen molar-refractivity contribution in [1.29, 1.82) is 0 Å².